The third kappa shape index (κ3) is 2.84. The van der Waals surface area contributed by atoms with E-state index in [9.17, 15) is 9.18 Å². The fourth-order valence-electron chi connectivity index (χ4n) is 1.86. The summed E-state index contributed by atoms with van der Waals surface area (Å²) < 4.78 is 14.4. The van der Waals surface area contributed by atoms with Crippen LogP contribution in [0.2, 0.25) is 5.15 Å². The van der Waals surface area contributed by atoms with E-state index in [1.165, 1.54) is 16.8 Å². The maximum atomic E-state index is 12.9. The molecule has 100 valence electrons. The molecule has 5 heteroatoms. The molecule has 19 heavy (non-hydrogen) atoms. The van der Waals surface area contributed by atoms with Gasteiger partial charge in [0.15, 0.2) is 6.29 Å². The number of hydrogen-bond donors (Lipinski definition) is 0. The average Bonchev–Trinajstić information content (AvgIpc) is 2.66. The van der Waals surface area contributed by atoms with Gasteiger partial charge in [0.25, 0.3) is 0 Å². The molecule has 0 N–H and O–H groups in total. The van der Waals surface area contributed by atoms with E-state index in [4.69, 9.17) is 11.6 Å². The molecule has 0 unspecified atom stereocenters. The zero-order chi connectivity index (χ0) is 14.0. The summed E-state index contributed by atoms with van der Waals surface area (Å²) in [5, 5.41) is 4.61. The Bertz CT molecular complexity index is 590. The Balaban J connectivity index is 2.49. The zero-order valence-corrected chi connectivity index (χ0v) is 11.5. The fraction of sp³-hybridized carbons (Fsp3) is 0.286. The van der Waals surface area contributed by atoms with E-state index in [1.807, 2.05) is 13.8 Å². The number of carbonyl (C=O) groups excluding carboxylic acids is 1. The van der Waals surface area contributed by atoms with Crippen LogP contribution in [0.4, 0.5) is 4.39 Å². The van der Waals surface area contributed by atoms with Crippen molar-refractivity contribution in [2.45, 2.75) is 20.3 Å². The van der Waals surface area contributed by atoms with Crippen LogP contribution in [0, 0.1) is 11.7 Å². The van der Waals surface area contributed by atoms with Crippen molar-refractivity contribution in [1.82, 2.24) is 9.78 Å². The second-order valence-electron chi connectivity index (χ2n) is 4.76. The van der Waals surface area contributed by atoms with Crippen LogP contribution in [0.25, 0.3) is 5.69 Å². The van der Waals surface area contributed by atoms with Crippen molar-refractivity contribution in [1.29, 1.82) is 0 Å². The number of halogens is 2. The summed E-state index contributed by atoms with van der Waals surface area (Å²) in [6.07, 6.45) is 1.38. The van der Waals surface area contributed by atoms with Crippen molar-refractivity contribution in [3.8, 4) is 5.69 Å². The summed E-state index contributed by atoms with van der Waals surface area (Å²) in [6, 6.07) is 5.80. The minimum atomic E-state index is -0.329. The molecular formula is C14H14ClFN2O. The van der Waals surface area contributed by atoms with E-state index in [0.717, 1.165) is 0 Å². The van der Waals surface area contributed by atoms with Gasteiger partial charge in [-0.15, -0.1) is 0 Å². The molecule has 0 aliphatic carbocycles. The highest BCUT2D eigenvalue weighted by Crippen LogP contribution is 2.24. The van der Waals surface area contributed by atoms with Crippen LogP contribution in [-0.2, 0) is 6.42 Å². The molecule has 0 radical (unpaired) electrons. The minimum Gasteiger partial charge on any atom is -0.298 e. The largest absolute Gasteiger partial charge is 0.298 e. The molecule has 1 aromatic heterocycles. The number of benzene rings is 1. The van der Waals surface area contributed by atoms with Gasteiger partial charge in [0.05, 0.1) is 16.9 Å². The highest BCUT2D eigenvalue weighted by Gasteiger charge is 2.17. The van der Waals surface area contributed by atoms with Gasteiger partial charge in [-0.1, -0.05) is 25.4 Å². The molecule has 0 aliphatic heterocycles. The molecule has 1 heterocycles. The zero-order valence-electron chi connectivity index (χ0n) is 10.7. The van der Waals surface area contributed by atoms with Crippen LogP contribution < -0.4 is 0 Å². The van der Waals surface area contributed by atoms with Gasteiger partial charge in [-0.3, -0.25) is 4.79 Å². The summed E-state index contributed by atoms with van der Waals surface area (Å²) in [5.41, 5.74) is 1.70. The van der Waals surface area contributed by atoms with Gasteiger partial charge in [-0.25, -0.2) is 9.07 Å². The van der Waals surface area contributed by atoms with E-state index >= 15 is 0 Å². The molecule has 0 bridgehead atoms. The molecule has 0 saturated carbocycles. The minimum absolute atomic E-state index is 0.261. The number of hydrogen-bond acceptors (Lipinski definition) is 2. The van der Waals surface area contributed by atoms with Gasteiger partial charge < -0.3 is 0 Å². The SMILES string of the molecule is CC(C)Cc1nn(-c2ccc(F)cc2)c(Cl)c1C=O. The van der Waals surface area contributed by atoms with Gasteiger partial charge in [0.2, 0.25) is 0 Å². The van der Waals surface area contributed by atoms with Crippen LogP contribution >= 0.6 is 11.6 Å². The Morgan fingerprint density at radius 1 is 1.37 bits per heavy atom. The highest BCUT2D eigenvalue weighted by atomic mass is 35.5. The molecule has 2 aromatic rings. The second-order valence-corrected chi connectivity index (χ2v) is 5.11. The first-order valence-electron chi connectivity index (χ1n) is 6.01. The van der Waals surface area contributed by atoms with Crippen molar-refractivity contribution < 1.29 is 9.18 Å². The van der Waals surface area contributed by atoms with E-state index < -0.39 is 0 Å². The molecule has 0 amide bonds. The lowest BCUT2D eigenvalue weighted by Gasteiger charge is -2.02. The Hall–Kier alpha value is -1.68. The van der Waals surface area contributed by atoms with Crippen LogP contribution in [0.15, 0.2) is 24.3 Å². The predicted molar refractivity (Wildman–Crippen MR) is 72.5 cm³/mol. The quantitative estimate of drug-likeness (QED) is 0.801. The van der Waals surface area contributed by atoms with Crippen LogP contribution in [0.1, 0.15) is 29.9 Å². The number of aromatic nitrogens is 2. The molecule has 0 saturated heterocycles. The van der Waals surface area contributed by atoms with Crippen molar-refractivity contribution in [3.05, 3.63) is 46.5 Å². The standard InChI is InChI=1S/C14H14ClFN2O/c1-9(2)7-13-12(8-19)14(15)18(17-13)11-5-3-10(16)4-6-11/h3-6,8-9H,7H2,1-2H3. The Kier molecular flexibility index (Phi) is 4.00. The number of carbonyl (C=O) groups is 1. The van der Waals surface area contributed by atoms with Crippen molar-refractivity contribution in [3.63, 3.8) is 0 Å². The number of nitrogens with zero attached hydrogens (tertiary/aromatic N) is 2. The van der Waals surface area contributed by atoms with E-state index in [1.54, 1.807) is 12.1 Å². The highest BCUT2D eigenvalue weighted by molar-refractivity contribution is 6.32. The van der Waals surface area contributed by atoms with Gasteiger partial charge in [0.1, 0.15) is 11.0 Å². The van der Waals surface area contributed by atoms with E-state index in [0.29, 0.717) is 35.6 Å². The molecule has 0 spiro atoms. The van der Waals surface area contributed by atoms with Crippen LogP contribution in [0.5, 0.6) is 0 Å². The van der Waals surface area contributed by atoms with E-state index in [2.05, 4.69) is 5.10 Å². The van der Waals surface area contributed by atoms with Crippen molar-refractivity contribution >= 4 is 17.9 Å². The van der Waals surface area contributed by atoms with Crippen LogP contribution in [0.3, 0.4) is 0 Å². The van der Waals surface area contributed by atoms with Crippen molar-refractivity contribution in [2.75, 3.05) is 0 Å². The third-order valence-electron chi connectivity index (χ3n) is 2.73. The maximum Gasteiger partial charge on any atom is 0.155 e. The number of aldehydes is 1. The first kappa shape index (κ1) is 13.7. The molecule has 2 rings (SSSR count). The predicted octanol–water partition coefficient (Wildman–Crippen LogP) is 3.68. The molecule has 3 nitrogen and oxygen atoms in total. The summed E-state index contributed by atoms with van der Waals surface area (Å²) in [7, 11) is 0. The maximum absolute atomic E-state index is 12.9. The first-order chi connectivity index (χ1) is 9.02. The smallest absolute Gasteiger partial charge is 0.155 e. The summed E-state index contributed by atoms with van der Waals surface area (Å²) in [4.78, 5) is 11.1. The average molecular weight is 281 g/mol. The molecule has 0 aliphatic rings. The summed E-state index contributed by atoms with van der Waals surface area (Å²) in [6.45, 7) is 4.08. The lowest BCUT2D eigenvalue weighted by atomic mass is 10.1. The van der Waals surface area contributed by atoms with Crippen LogP contribution in [-0.4, -0.2) is 16.1 Å². The van der Waals surface area contributed by atoms with Crippen molar-refractivity contribution in [2.24, 2.45) is 5.92 Å². The molecule has 0 fully saturated rings. The topological polar surface area (TPSA) is 34.9 Å². The Morgan fingerprint density at radius 3 is 2.53 bits per heavy atom. The molecule has 0 atom stereocenters. The van der Waals surface area contributed by atoms with Gasteiger partial charge in [-0.05, 0) is 36.6 Å². The fourth-order valence-corrected chi connectivity index (χ4v) is 2.15. The Labute approximate surface area is 116 Å². The normalized spacial score (nSPS) is 11.0. The lowest BCUT2D eigenvalue weighted by molar-refractivity contribution is 0.112. The molecular weight excluding hydrogens is 267 g/mol. The lowest BCUT2D eigenvalue weighted by Crippen LogP contribution is -2.00. The number of rotatable bonds is 4. The third-order valence-corrected chi connectivity index (χ3v) is 3.09. The first-order valence-corrected chi connectivity index (χ1v) is 6.39. The van der Waals surface area contributed by atoms with E-state index in [-0.39, 0.29) is 11.0 Å². The summed E-state index contributed by atoms with van der Waals surface area (Å²) >= 11 is 6.16. The van der Waals surface area contributed by atoms with Gasteiger partial charge >= 0.3 is 0 Å². The second kappa shape index (κ2) is 5.53. The van der Waals surface area contributed by atoms with Gasteiger partial charge in [0, 0.05) is 0 Å². The Morgan fingerprint density at radius 2 is 2.00 bits per heavy atom. The summed E-state index contributed by atoms with van der Waals surface area (Å²) in [5.74, 6) is 0.0383. The van der Waals surface area contributed by atoms with Gasteiger partial charge in [-0.2, -0.15) is 5.10 Å². The molecule has 1 aromatic carbocycles. The monoisotopic (exact) mass is 280 g/mol.